The average Bonchev–Trinajstić information content (AvgIpc) is 3.17. The minimum Gasteiger partial charge on any atom is -0.487 e. The van der Waals surface area contributed by atoms with Crippen molar-refractivity contribution in [1.29, 1.82) is 0 Å². The molecule has 4 aromatic carbocycles. The fraction of sp³-hybridized carbons (Fsp3) is 0.395. The Kier molecular flexibility index (Phi) is 16.7. The summed E-state index contributed by atoms with van der Waals surface area (Å²) in [5, 5.41) is 0.998. The number of rotatable bonds is 23. The van der Waals surface area contributed by atoms with Gasteiger partial charge in [0, 0.05) is 5.33 Å². The zero-order chi connectivity index (χ0) is 36.3. The lowest BCUT2D eigenvalue weighted by molar-refractivity contribution is -0.173. The standard InChI is InChI=1S/C43H51BrO7S/c44-27-17-3-1-2-4-18-28-52(45,46)34-40-42(49-31-37-23-13-7-14-24-37)43(50-32-38-25-15-8-16-26-38)41(48-30-36-21-11-6-12-22-36)39(51-40)33-47-29-35-19-9-5-10-20-35/h5-16,19-26,39,41,43H,1-4,17-18,27-34H2/t39-,41-,43+/m1/s1. The summed E-state index contributed by atoms with van der Waals surface area (Å²) in [6.45, 7) is 1.30. The summed E-state index contributed by atoms with van der Waals surface area (Å²) in [5.74, 6) is 0.366. The molecule has 3 atom stereocenters. The van der Waals surface area contributed by atoms with Crippen LogP contribution >= 0.6 is 15.9 Å². The van der Waals surface area contributed by atoms with Crippen molar-refractivity contribution in [2.75, 3.05) is 23.4 Å². The number of ether oxygens (including phenoxy) is 5. The zero-order valence-electron chi connectivity index (χ0n) is 29.8. The lowest BCUT2D eigenvalue weighted by atomic mass is 10.0. The van der Waals surface area contributed by atoms with Gasteiger partial charge < -0.3 is 23.7 Å². The number of benzene rings is 4. The van der Waals surface area contributed by atoms with Crippen LogP contribution in [-0.4, -0.2) is 50.2 Å². The van der Waals surface area contributed by atoms with Crippen LogP contribution in [0.15, 0.2) is 133 Å². The predicted molar refractivity (Wildman–Crippen MR) is 209 cm³/mol. The molecule has 0 spiro atoms. The summed E-state index contributed by atoms with van der Waals surface area (Å²) in [6, 6.07) is 39.5. The van der Waals surface area contributed by atoms with Crippen LogP contribution in [0, 0.1) is 0 Å². The lowest BCUT2D eigenvalue weighted by Crippen LogP contribution is -2.50. The van der Waals surface area contributed by atoms with Gasteiger partial charge in [-0.05, 0) is 35.1 Å². The molecule has 0 fully saturated rings. The van der Waals surface area contributed by atoms with Gasteiger partial charge in [0.15, 0.2) is 27.5 Å². The molecule has 278 valence electrons. The van der Waals surface area contributed by atoms with Crippen LogP contribution in [0.2, 0.25) is 0 Å². The highest BCUT2D eigenvalue weighted by Gasteiger charge is 2.44. The van der Waals surface area contributed by atoms with Crippen LogP contribution in [0.5, 0.6) is 0 Å². The molecule has 0 N–H and O–H groups in total. The first-order valence-electron chi connectivity index (χ1n) is 18.3. The summed E-state index contributed by atoms with van der Waals surface area (Å²) in [4.78, 5) is 0. The van der Waals surface area contributed by atoms with Crippen molar-refractivity contribution >= 4 is 25.8 Å². The predicted octanol–water partition coefficient (Wildman–Crippen LogP) is 9.35. The Morgan fingerprint density at radius 2 is 1.06 bits per heavy atom. The van der Waals surface area contributed by atoms with E-state index in [0.29, 0.717) is 25.4 Å². The van der Waals surface area contributed by atoms with Gasteiger partial charge in [0.1, 0.15) is 24.6 Å². The lowest BCUT2D eigenvalue weighted by Gasteiger charge is -2.40. The molecule has 0 aliphatic carbocycles. The topological polar surface area (TPSA) is 80.3 Å². The van der Waals surface area contributed by atoms with Gasteiger partial charge in [0.05, 0.1) is 32.2 Å². The normalized spacial score (nSPS) is 17.5. The van der Waals surface area contributed by atoms with E-state index in [1.54, 1.807) is 0 Å². The molecule has 1 aliphatic heterocycles. The Hall–Kier alpha value is -3.47. The van der Waals surface area contributed by atoms with Crippen LogP contribution in [-0.2, 0) is 59.9 Å². The van der Waals surface area contributed by atoms with Crippen LogP contribution in [0.25, 0.3) is 0 Å². The van der Waals surface area contributed by atoms with Crippen molar-refractivity contribution in [3.63, 3.8) is 0 Å². The van der Waals surface area contributed by atoms with Gasteiger partial charge in [-0.1, -0.05) is 163 Å². The molecule has 0 saturated heterocycles. The summed E-state index contributed by atoms with van der Waals surface area (Å²) in [5.41, 5.74) is 3.92. The summed E-state index contributed by atoms with van der Waals surface area (Å²) < 4.78 is 60.4. The minimum atomic E-state index is -3.55. The third kappa shape index (κ3) is 13.5. The Labute approximate surface area is 318 Å². The van der Waals surface area contributed by atoms with Gasteiger partial charge in [-0.3, -0.25) is 0 Å². The largest absolute Gasteiger partial charge is 0.487 e. The molecule has 0 unspecified atom stereocenters. The van der Waals surface area contributed by atoms with E-state index < -0.39 is 28.1 Å². The first-order chi connectivity index (χ1) is 25.5. The number of sulfone groups is 1. The highest BCUT2D eigenvalue weighted by molar-refractivity contribution is 9.09. The van der Waals surface area contributed by atoms with Crippen molar-refractivity contribution in [2.24, 2.45) is 0 Å². The Bertz CT molecular complexity index is 1700. The van der Waals surface area contributed by atoms with Gasteiger partial charge in [0.25, 0.3) is 0 Å². The second kappa shape index (κ2) is 21.9. The molecule has 1 aliphatic rings. The number of halogens is 1. The summed E-state index contributed by atoms with van der Waals surface area (Å²) >= 11 is 3.48. The average molecular weight is 792 g/mol. The maximum atomic E-state index is 13.8. The van der Waals surface area contributed by atoms with Crippen LogP contribution < -0.4 is 0 Å². The van der Waals surface area contributed by atoms with Crippen molar-refractivity contribution in [3.8, 4) is 0 Å². The van der Waals surface area contributed by atoms with E-state index in [-0.39, 0.29) is 37.1 Å². The van der Waals surface area contributed by atoms with Crippen LogP contribution in [0.3, 0.4) is 0 Å². The molecule has 0 bridgehead atoms. The van der Waals surface area contributed by atoms with Gasteiger partial charge >= 0.3 is 0 Å². The van der Waals surface area contributed by atoms with E-state index in [4.69, 9.17) is 23.7 Å². The molecule has 9 heteroatoms. The van der Waals surface area contributed by atoms with E-state index in [1.807, 2.05) is 121 Å². The first kappa shape index (κ1) is 39.7. The van der Waals surface area contributed by atoms with Crippen molar-refractivity contribution in [3.05, 3.63) is 155 Å². The van der Waals surface area contributed by atoms with Gasteiger partial charge in [0.2, 0.25) is 0 Å². The highest BCUT2D eigenvalue weighted by Crippen LogP contribution is 2.34. The summed E-state index contributed by atoms with van der Waals surface area (Å²) in [7, 11) is -3.55. The Morgan fingerprint density at radius 1 is 0.577 bits per heavy atom. The van der Waals surface area contributed by atoms with E-state index in [0.717, 1.165) is 59.7 Å². The number of unbranched alkanes of at least 4 members (excludes halogenated alkanes) is 5. The molecule has 0 amide bonds. The van der Waals surface area contributed by atoms with Gasteiger partial charge in [-0.2, -0.15) is 0 Å². The molecular weight excluding hydrogens is 740 g/mol. The number of hydrogen-bond acceptors (Lipinski definition) is 7. The Morgan fingerprint density at radius 3 is 1.62 bits per heavy atom. The fourth-order valence-corrected chi connectivity index (χ4v) is 7.89. The molecular formula is C43H51BrO7S. The third-order valence-electron chi connectivity index (χ3n) is 8.87. The molecule has 4 aromatic rings. The maximum Gasteiger partial charge on any atom is 0.167 e. The first-order valence-corrected chi connectivity index (χ1v) is 21.2. The van der Waals surface area contributed by atoms with Gasteiger partial charge in [-0.25, -0.2) is 8.42 Å². The zero-order valence-corrected chi connectivity index (χ0v) is 32.2. The second-order valence-corrected chi connectivity index (χ2v) is 16.1. The van der Waals surface area contributed by atoms with E-state index in [1.165, 1.54) is 0 Å². The molecule has 52 heavy (non-hydrogen) atoms. The van der Waals surface area contributed by atoms with E-state index in [2.05, 4.69) is 15.9 Å². The van der Waals surface area contributed by atoms with Gasteiger partial charge in [-0.15, -0.1) is 0 Å². The number of hydrogen-bond donors (Lipinski definition) is 0. The number of alkyl halides is 1. The van der Waals surface area contributed by atoms with Crippen LogP contribution in [0.4, 0.5) is 0 Å². The third-order valence-corrected chi connectivity index (χ3v) is 11.0. The summed E-state index contributed by atoms with van der Waals surface area (Å²) in [6.07, 6.45) is 3.76. The van der Waals surface area contributed by atoms with Crippen molar-refractivity contribution < 1.29 is 32.1 Å². The Balaban J connectivity index is 1.45. The molecule has 0 radical (unpaired) electrons. The van der Waals surface area contributed by atoms with E-state index >= 15 is 0 Å². The quantitative estimate of drug-likeness (QED) is 0.0548. The smallest absolute Gasteiger partial charge is 0.167 e. The fourth-order valence-electron chi connectivity index (χ4n) is 6.10. The van der Waals surface area contributed by atoms with Crippen LogP contribution in [0.1, 0.15) is 60.8 Å². The molecule has 7 nitrogen and oxygen atoms in total. The van der Waals surface area contributed by atoms with Crippen molar-refractivity contribution in [2.45, 2.75) is 83.3 Å². The second-order valence-electron chi connectivity index (χ2n) is 13.1. The molecule has 1 heterocycles. The SMILES string of the molecule is O=S(=O)(CCCCCCCCBr)CC1=C(OCc2ccccc2)[C@@H](OCc2ccccc2)[C@H](OCc2ccccc2)[C@@H](COCc2ccccc2)O1. The molecule has 0 saturated carbocycles. The molecule has 5 rings (SSSR count). The molecule has 0 aromatic heterocycles. The highest BCUT2D eigenvalue weighted by atomic mass is 79.9. The van der Waals surface area contributed by atoms with Crippen molar-refractivity contribution in [1.82, 2.24) is 0 Å². The monoisotopic (exact) mass is 790 g/mol. The maximum absolute atomic E-state index is 13.8. The van der Waals surface area contributed by atoms with E-state index in [9.17, 15) is 8.42 Å². The minimum absolute atomic E-state index is 0.0723.